The fourth-order valence-electron chi connectivity index (χ4n) is 8.22. The molecule has 0 saturated heterocycles. The molecule has 0 heterocycles. The first kappa shape index (κ1) is 31.0. The average Bonchev–Trinajstić information content (AvgIpc) is 3.54. The number of benzene rings is 6. The minimum Gasteiger partial charge on any atom is -0.493 e. The van der Waals surface area contributed by atoms with Crippen molar-refractivity contribution in [2.24, 2.45) is 0 Å². The van der Waals surface area contributed by atoms with Crippen LogP contribution in [0.25, 0.3) is 33.4 Å². The molecule has 0 aliphatic heterocycles. The summed E-state index contributed by atoms with van der Waals surface area (Å²) in [5, 5.41) is 3.82. The topological polar surface area (TPSA) is 30.5 Å². The van der Waals surface area contributed by atoms with Crippen LogP contribution in [0.15, 0.2) is 97.1 Å². The van der Waals surface area contributed by atoms with Gasteiger partial charge in [-0.3, -0.25) is 0 Å². The van der Waals surface area contributed by atoms with E-state index in [2.05, 4.69) is 144 Å². The van der Waals surface area contributed by atoms with Crippen LogP contribution in [0, 0.1) is 34.6 Å². The minimum absolute atomic E-state index is 0.502. The van der Waals surface area contributed by atoms with E-state index < -0.39 is 5.41 Å². The number of hydrogen-bond donors (Lipinski definition) is 1. The first-order valence-electron chi connectivity index (χ1n) is 17.3. The van der Waals surface area contributed by atoms with Gasteiger partial charge in [-0.1, -0.05) is 67.6 Å². The summed E-state index contributed by atoms with van der Waals surface area (Å²) in [4.78, 5) is 0. The third kappa shape index (κ3) is 4.55. The number of ether oxygens (including phenoxy) is 2. The molecule has 0 aromatic heterocycles. The van der Waals surface area contributed by atoms with Crippen LogP contribution in [-0.2, 0) is 11.8 Å². The van der Waals surface area contributed by atoms with Gasteiger partial charge in [0.2, 0.25) is 0 Å². The summed E-state index contributed by atoms with van der Waals surface area (Å²) in [7, 11) is 3.45. The van der Waals surface area contributed by atoms with Crippen molar-refractivity contribution >= 4 is 11.4 Å². The monoisotopic (exact) mass is 641 g/mol. The lowest BCUT2D eigenvalue weighted by molar-refractivity contribution is 0.354. The Morgan fingerprint density at radius 2 is 1.06 bits per heavy atom. The predicted octanol–water partition coefficient (Wildman–Crippen LogP) is 11.6. The Hall–Kier alpha value is -5.28. The second-order valence-electron chi connectivity index (χ2n) is 13.9. The van der Waals surface area contributed by atoms with Gasteiger partial charge in [-0.05, 0) is 166 Å². The summed E-state index contributed by atoms with van der Waals surface area (Å²) in [5.41, 5.74) is 22.1. The largest absolute Gasteiger partial charge is 0.493 e. The molecule has 1 atom stereocenters. The normalized spacial score (nSPS) is 15.1. The summed E-state index contributed by atoms with van der Waals surface area (Å²) >= 11 is 0. The standard InChI is InChI=1S/C46H43NO2/c1-9-31-11-15-35-38-24-44(48-7)45(49-8)25-42(38)46(40(35)22-31)39-21-29(5)28(4)20-37(39)36-16-14-34(23-41(36)46)47-43-17-13-33(19-30(43)6)32-12-10-26(2)27(3)18-32/h10-25,47H,9H2,1-8H3. The molecule has 0 saturated carbocycles. The zero-order valence-electron chi connectivity index (χ0n) is 29.8. The maximum atomic E-state index is 5.96. The van der Waals surface area contributed by atoms with E-state index in [4.69, 9.17) is 9.47 Å². The molecule has 2 aliphatic carbocycles. The molecule has 0 fully saturated rings. The number of methoxy groups -OCH3 is 2. The molecule has 1 N–H and O–H groups in total. The van der Waals surface area contributed by atoms with E-state index in [1.54, 1.807) is 14.2 Å². The fraction of sp³-hybridized carbons (Fsp3) is 0.217. The molecule has 1 unspecified atom stereocenters. The molecule has 3 heteroatoms. The van der Waals surface area contributed by atoms with E-state index in [0.29, 0.717) is 0 Å². The van der Waals surface area contributed by atoms with Gasteiger partial charge in [0.05, 0.1) is 19.6 Å². The summed E-state index contributed by atoms with van der Waals surface area (Å²) in [6.45, 7) is 13.2. The van der Waals surface area contributed by atoms with E-state index in [-0.39, 0.29) is 0 Å². The molecular weight excluding hydrogens is 599 g/mol. The van der Waals surface area contributed by atoms with Gasteiger partial charge in [0.1, 0.15) is 0 Å². The van der Waals surface area contributed by atoms with Crippen molar-refractivity contribution in [2.45, 2.75) is 53.4 Å². The molecule has 8 rings (SSSR count). The van der Waals surface area contributed by atoms with Crippen molar-refractivity contribution in [1.29, 1.82) is 0 Å². The Bertz CT molecular complexity index is 2330. The van der Waals surface area contributed by atoms with Gasteiger partial charge < -0.3 is 14.8 Å². The highest BCUT2D eigenvalue weighted by atomic mass is 16.5. The predicted molar refractivity (Wildman–Crippen MR) is 204 cm³/mol. The molecule has 1 spiro atoms. The quantitative estimate of drug-likeness (QED) is 0.196. The summed E-state index contributed by atoms with van der Waals surface area (Å²) in [5.74, 6) is 1.49. The van der Waals surface area contributed by atoms with Gasteiger partial charge in [0.25, 0.3) is 0 Å². The molecule has 6 aromatic rings. The van der Waals surface area contributed by atoms with Crippen LogP contribution >= 0.6 is 0 Å². The molecule has 49 heavy (non-hydrogen) atoms. The average molecular weight is 642 g/mol. The molecule has 3 nitrogen and oxygen atoms in total. The Morgan fingerprint density at radius 3 is 1.76 bits per heavy atom. The highest BCUT2D eigenvalue weighted by Crippen LogP contribution is 2.64. The van der Waals surface area contributed by atoms with Crippen LogP contribution in [0.3, 0.4) is 0 Å². The van der Waals surface area contributed by atoms with Crippen molar-refractivity contribution < 1.29 is 9.47 Å². The SMILES string of the molecule is CCc1ccc2c(c1)C1(c3cc(Nc4ccc(-c5ccc(C)c(C)c5)cc4C)ccc3-c3cc(C)c(C)cc31)c1cc(OC)c(OC)cc1-2. The second kappa shape index (κ2) is 11.4. The Morgan fingerprint density at radius 1 is 0.490 bits per heavy atom. The third-order valence-corrected chi connectivity index (χ3v) is 11.2. The van der Waals surface area contributed by atoms with Gasteiger partial charge in [-0.2, -0.15) is 0 Å². The molecular formula is C46H43NO2. The second-order valence-corrected chi connectivity index (χ2v) is 13.9. The number of nitrogens with one attached hydrogen (secondary N) is 1. The number of hydrogen-bond acceptors (Lipinski definition) is 3. The smallest absolute Gasteiger partial charge is 0.161 e. The number of aryl methyl sites for hydroxylation is 6. The lowest BCUT2D eigenvalue weighted by atomic mass is 9.70. The summed E-state index contributed by atoms with van der Waals surface area (Å²) in [6.07, 6.45) is 0.970. The lowest BCUT2D eigenvalue weighted by Crippen LogP contribution is -2.26. The minimum atomic E-state index is -0.502. The van der Waals surface area contributed by atoms with Crippen LogP contribution < -0.4 is 14.8 Å². The van der Waals surface area contributed by atoms with Gasteiger partial charge in [0.15, 0.2) is 11.5 Å². The van der Waals surface area contributed by atoms with Gasteiger partial charge in [-0.25, -0.2) is 0 Å². The van der Waals surface area contributed by atoms with E-state index in [0.717, 1.165) is 29.3 Å². The Kier molecular flexibility index (Phi) is 7.22. The highest BCUT2D eigenvalue weighted by Gasteiger charge is 2.52. The van der Waals surface area contributed by atoms with Crippen molar-refractivity contribution in [1.82, 2.24) is 0 Å². The third-order valence-electron chi connectivity index (χ3n) is 11.2. The fourth-order valence-corrected chi connectivity index (χ4v) is 8.22. The summed E-state index contributed by atoms with van der Waals surface area (Å²) in [6, 6.07) is 36.7. The molecule has 0 amide bonds. The van der Waals surface area contributed by atoms with E-state index >= 15 is 0 Å². The number of rotatable bonds is 6. The van der Waals surface area contributed by atoms with Crippen molar-refractivity contribution in [2.75, 3.05) is 19.5 Å². The van der Waals surface area contributed by atoms with Crippen LogP contribution in [0.2, 0.25) is 0 Å². The van der Waals surface area contributed by atoms with Gasteiger partial charge in [0, 0.05) is 11.4 Å². The van der Waals surface area contributed by atoms with E-state index in [1.165, 1.54) is 89.0 Å². The zero-order valence-corrected chi connectivity index (χ0v) is 29.8. The van der Waals surface area contributed by atoms with Gasteiger partial charge >= 0.3 is 0 Å². The van der Waals surface area contributed by atoms with Crippen molar-refractivity contribution in [3.05, 3.63) is 153 Å². The lowest BCUT2D eigenvalue weighted by Gasteiger charge is -2.32. The van der Waals surface area contributed by atoms with E-state index in [9.17, 15) is 0 Å². The van der Waals surface area contributed by atoms with Crippen molar-refractivity contribution in [3.8, 4) is 44.9 Å². The molecule has 6 aromatic carbocycles. The Labute approximate surface area is 290 Å². The van der Waals surface area contributed by atoms with Crippen LogP contribution in [0.5, 0.6) is 11.5 Å². The molecule has 0 radical (unpaired) electrons. The van der Waals surface area contributed by atoms with Crippen LogP contribution in [0.4, 0.5) is 11.4 Å². The highest BCUT2D eigenvalue weighted by molar-refractivity contribution is 5.97. The first-order chi connectivity index (χ1) is 23.7. The maximum Gasteiger partial charge on any atom is 0.161 e. The first-order valence-corrected chi connectivity index (χ1v) is 17.3. The maximum absolute atomic E-state index is 5.96. The van der Waals surface area contributed by atoms with Gasteiger partial charge in [-0.15, -0.1) is 0 Å². The molecule has 2 aliphatic rings. The summed E-state index contributed by atoms with van der Waals surface area (Å²) < 4.78 is 11.8. The molecule has 0 bridgehead atoms. The number of fused-ring (bicyclic) bond motifs is 10. The zero-order chi connectivity index (χ0) is 34.2. The molecule has 244 valence electrons. The van der Waals surface area contributed by atoms with Crippen molar-refractivity contribution in [3.63, 3.8) is 0 Å². The Balaban J connectivity index is 1.34. The van der Waals surface area contributed by atoms with E-state index in [1.807, 2.05) is 0 Å². The number of anilines is 2. The van der Waals surface area contributed by atoms with Crippen LogP contribution in [-0.4, -0.2) is 14.2 Å². The van der Waals surface area contributed by atoms with Crippen LogP contribution in [0.1, 0.15) is 62.6 Å².